The molecule has 0 atom stereocenters. The highest BCUT2D eigenvalue weighted by Crippen LogP contribution is 2.22. The van der Waals surface area contributed by atoms with Gasteiger partial charge in [-0.3, -0.25) is 5.43 Å². The van der Waals surface area contributed by atoms with E-state index < -0.39 is 0 Å². The molecule has 0 unspecified atom stereocenters. The van der Waals surface area contributed by atoms with Gasteiger partial charge in [0, 0.05) is 25.4 Å². The highest BCUT2D eigenvalue weighted by molar-refractivity contribution is 5.81. The lowest BCUT2D eigenvalue weighted by molar-refractivity contribution is 0.592. The minimum Gasteiger partial charge on any atom is -0.454 e. The third kappa shape index (κ3) is 1.91. The molecular formula is C12H13N3O. The summed E-state index contributed by atoms with van der Waals surface area (Å²) in [7, 11) is 1.81. The van der Waals surface area contributed by atoms with Gasteiger partial charge in [-0.1, -0.05) is 18.2 Å². The highest BCUT2D eigenvalue weighted by Gasteiger charge is 2.07. The number of nitrogens with one attached hydrogen (secondary N) is 2. The van der Waals surface area contributed by atoms with Crippen molar-refractivity contribution in [3.05, 3.63) is 42.3 Å². The number of hydrogen-bond donors (Lipinski definition) is 2. The minimum atomic E-state index is 0.725. The van der Waals surface area contributed by atoms with Gasteiger partial charge in [0.1, 0.15) is 11.3 Å². The summed E-state index contributed by atoms with van der Waals surface area (Å²) in [5, 5.41) is 7.62. The standard InChI is InChI=1S/C12H13N3O/c1-13-8-10(15-14-2)12-7-9-5-3-4-6-11(9)16-12/h3-8,13,15H,2H2,1H3/b10-8-. The number of hydrazone groups is 1. The zero-order chi connectivity index (χ0) is 11.4. The van der Waals surface area contributed by atoms with E-state index in [9.17, 15) is 0 Å². The molecule has 0 bridgehead atoms. The van der Waals surface area contributed by atoms with Crippen molar-refractivity contribution in [3.8, 4) is 0 Å². The maximum atomic E-state index is 5.68. The van der Waals surface area contributed by atoms with E-state index in [0.717, 1.165) is 22.4 Å². The molecule has 0 saturated heterocycles. The molecule has 1 aromatic heterocycles. The first-order valence-corrected chi connectivity index (χ1v) is 4.93. The number of furan rings is 1. The van der Waals surface area contributed by atoms with Gasteiger partial charge < -0.3 is 9.73 Å². The molecule has 1 aromatic carbocycles. The quantitative estimate of drug-likeness (QED) is 0.607. The SMILES string of the molecule is C=NN/C(=C\NC)c1cc2ccccc2o1. The van der Waals surface area contributed by atoms with Crippen LogP contribution in [-0.2, 0) is 0 Å². The monoisotopic (exact) mass is 215 g/mol. The Labute approximate surface area is 93.6 Å². The highest BCUT2D eigenvalue weighted by atomic mass is 16.3. The second kappa shape index (κ2) is 4.53. The summed E-state index contributed by atoms with van der Waals surface area (Å²) in [6, 6.07) is 9.80. The van der Waals surface area contributed by atoms with Crippen molar-refractivity contribution < 1.29 is 4.42 Å². The van der Waals surface area contributed by atoms with Gasteiger partial charge in [0.25, 0.3) is 0 Å². The Morgan fingerprint density at radius 2 is 2.25 bits per heavy atom. The Balaban J connectivity index is 2.44. The summed E-state index contributed by atoms with van der Waals surface area (Å²) in [5.41, 5.74) is 4.38. The molecule has 16 heavy (non-hydrogen) atoms. The smallest absolute Gasteiger partial charge is 0.154 e. The van der Waals surface area contributed by atoms with Crippen molar-refractivity contribution >= 4 is 23.4 Å². The fourth-order valence-corrected chi connectivity index (χ4v) is 1.50. The molecule has 0 saturated carbocycles. The molecule has 1 heterocycles. The number of benzene rings is 1. The van der Waals surface area contributed by atoms with Gasteiger partial charge in [-0.2, -0.15) is 5.10 Å². The van der Waals surface area contributed by atoms with E-state index in [1.165, 1.54) is 0 Å². The van der Waals surface area contributed by atoms with Crippen molar-refractivity contribution in [2.75, 3.05) is 7.05 Å². The normalized spacial score (nSPS) is 11.4. The molecule has 0 aliphatic carbocycles. The first-order chi connectivity index (χ1) is 7.85. The fraction of sp³-hybridized carbons (Fsp3) is 0.0833. The second-order valence-electron chi connectivity index (χ2n) is 3.27. The molecule has 0 fully saturated rings. The number of nitrogens with zero attached hydrogens (tertiary/aromatic N) is 1. The lowest BCUT2D eigenvalue weighted by Crippen LogP contribution is -2.07. The Hall–Kier alpha value is -2.23. The predicted octanol–water partition coefficient (Wildman–Crippen LogP) is 2.16. The van der Waals surface area contributed by atoms with E-state index in [2.05, 4.69) is 22.6 Å². The van der Waals surface area contributed by atoms with Crippen molar-refractivity contribution in [2.45, 2.75) is 0 Å². The summed E-state index contributed by atoms with van der Waals surface area (Å²) in [6.07, 6.45) is 1.77. The Kier molecular flexibility index (Phi) is 2.91. The molecule has 0 radical (unpaired) electrons. The van der Waals surface area contributed by atoms with Crippen LogP contribution in [0.4, 0.5) is 0 Å². The van der Waals surface area contributed by atoms with Gasteiger partial charge in [0.15, 0.2) is 5.76 Å². The van der Waals surface area contributed by atoms with Crippen molar-refractivity contribution in [2.24, 2.45) is 5.10 Å². The van der Waals surface area contributed by atoms with Crippen molar-refractivity contribution in [1.29, 1.82) is 0 Å². The maximum Gasteiger partial charge on any atom is 0.154 e. The van der Waals surface area contributed by atoms with E-state index in [4.69, 9.17) is 4.42 Å². The lowest BCUT2D eigenvalue weighted by atomic mass is 10.2. The Bertz CT molecular complexity index is 495. The Morgan fingerprint density at radius 3 is 2.94 bits per heavy atom. The van der Waals surface area contributed by atoms with Gasteiger partial charge in [-0.05, 0) is 12.1 Å². The van der Waals surface area contributed by atoms with Crippen LogP contribution in [-0.4, -0.2) is 13.8 Å². The zero-order valence-electron chi connectivity index (χ0n) is 9.03. The molecule has 82 valence electrons. The van der Waals surface area contributed by atoms with Crippen LogP contribution in [0.3, 0.4) is 0 Å². The summed E-state index contributed by atoms with van der Waals surface area (Å²) >= 11 is 0. The van der Waals surface area contributed by atoms with Crippen molar-refractivity contribution in [3.63, 3.8) is 0 Å². The molecule has 2 rings (SSSR count). The molecule has 2 N–H and O–H groups in total. The topological polar surface area (TPSA) is 49.6 Å². The van der Waals surface area contributed by atoms with Crippen LogP contribution in [0, 0.1) is 0 Å². The number of para-hydroxylation sites is 1. The predicted molar refractivity (Wildman–Crippen MR) is 65.9 cm³/mol. The second-order valence-corrected chi connectivity index (χ2v) is 3.27. The summed E-state index contributed by atoms with van der Waals surface area (Å²) in [4.78, 5) is 0. The van der Waals surface area contributed by atoms with Crippen LogP contribution >= 0.6 is 0 Å². The molecule has 2 aromatic rings. The summed E-state index contributed by atoms with van der Waals surface area (Å²) in [5.74, 6) is 0.725. The molecule has 0 spiro atoms. The summed E-state index contributed by atoms with van der Waals surface area (Å²) < 4.78 is 5.68. The lowest BCUT2D eigenvalue weighted by Gasteiger charge is -2.01. The van der Waals surface area contributed by atoms with Crippen LogP contribution in [0.5, 0.6) is 0 Å². The van der Waals surface area contributed by atoms with E-state index in [0.29, 0.717) is 0 Å². The van der Waals surface area contributed by atoms with Gasteiger partial charge in [0.2, 0.25) is 0 Å². The number of fused-ring (bicyclic) bond motifs is 1. The van der Waals surface area contributed by atoms with E-state index in [1.54, 1.807) is 6.20 Å². The zero-order valence-corrected chi connectivity index (χ0v) is 9.03. The third-order valence-electron chi connectivity index (χ3n) is 2.18. The van der Waals surface area contributed by atoms with Gasteiger partial charge in [0.05, 0.1) is 0 Å². The van der Waals surface area contributed by atoms with Crippen LogP contribution in [0.25, 0.3) is 16.7 Å². The minimum absolute atomic E-state index is 0.725. The largest absolute Gasteiger partial charge is 0.454 e. The van der Waals surface area contributed by atoms with E-state index in [1.807, 2.05) is 37.4 Å². The number of rotatable bonds is 4. The molecular weight excluding hydrogens is 202 g/mol. The average Bonchev–Trinajstić information content (AvgIpc) is 2.72. The Morgan fingerprint density at radius 1 is 1.44 bits per heavy atom. The molecule has 4 nitrogen and oxygen atoms in total. The van der Waals surface area contributed by atoms with Gasteiger partial charge in [-0.15, -0.1) is 0 Å². The number of hydrogen-bond acceptors (Lipinski definition) is 4. The van der Waals surface area contributed by atoms with Crippen molar-refractivity contribution in [1.82, 2.24) is 10.7 Å². The molecule has 0 amide bonds. The van der Waals surface area contributed by atoms with E-state index >= 15 is 0 Å². The fourth-order valence-electron chi connectivity index (χ4n) is 1.50. The third-order valence-corrected chi connectivity index (χ3v) is 2.18. The van der Waals surface area contributed by atoms with E-state index in [-0.39, 0.29) is 0 Å². The first kappa shape index (κ1) is 10.3. The van der Waals surface area contributed by atoms with Crippen LogP contribution in [0.15, 0.2) is 46.1 Å². The van der Waals surface area contributed by atoms with Gasteiger partial charge in [-0.25, -0.2) is 0 Å². The molecule has 0 aliphatic heterocycles. The molecule has 4 heteroatoms. The molecule has 0 aliphatic rings. The van der Waals surface area contributed by atoms with Crippen LogP contribution in [0.1, 0.15) is 5.76 Å². The van der Waals surface area contributed by atoms with Gasteiger partial charge >= 0.3 is 0 Å². The first-order valence-electron chi connectivity index (χ1n) is 4.93. The maximum absolute atomic E-state index is 5.68. The summed E-state index contributed by atoms with van der Waals surface area (Å²) in [6.45, 7) is 3.39. The van der Waals surface area contributed by atoms with Crippen LogP contribution < -0.4 is 10.7 Å². The average molecular weight is 215 g/mol. The van der Waals surface area contributed by atoms with Crippen LogP contribution in [0.2, 0.25) is 0 Å².